The molecular formula is C12H22N2O2. The number of likely N-dealkylation sites (N-methyl/N-ethyl adjacent to an activating group) is 1. The number of nitrogens with zero attached hydrogens (tertiary/aromatic N) is 2. The highest BCUT2D eigenvalue weighted by molar-refractivity contribution is 5.78. The zero-order valence-corrected chi connectivity index (χ0v) is 10.1. The van der Waals surface area contributed by atoms with Gasteiger partial charge in [-0.2, -0.15) is 0 Å². The Balaban J connectivity index is 1.69. The van der Waals surface area contributed by atoms with Crippen LogP contribution in [0.3, 0.4) is 0 Å². The Labute approximate surface area is 97.2 Å². The van der Waals surface area contributed by atoms with Gasteiger partial charge in [0.05, 0.1) is 12.6 Å². The van der Waals surface area contributed by atoms with E-state index in [4.69, 9.17) is 0 Å². The molecule has 1 amide bonds. The minimum atomic E-state index is -0.157. The standard InChI is InChI=1S/C12H22N2O2/c1-13(8-10-2-3-10)12(16)9-14-6-4-11(15)5-7-14/h10-11,15H,2-9H2,1H3. The third-order valence-electron chi connectivity index (χ3n) is 3.57. The number of aliphatic hydroxyl groups excluding tert-OH is 1. The number of aliphatic hydroxyl groups is 1. The molecule has 2 aliphatic rings. The van der Waals surface area contributed by atoms with Crippen LogP contribution in [0.1, 0.15) is 25.7 Å². The number of carbonyl (C=O) groups excluding carboxylic acids is 1. The molecule has 0 atom stereocenters. The van der Waals surface area contributed by atoms with Crippen molar-refractivity contribution in [2.24, 2.45) is 5.92 Å². The molecule has 1 N–H and O–H groups in total. The maximum atomic E-state index is 11.9. The molecule has 0 aromatic heterocycles. The molecule has 0 unspecified atom stereocenters. The Hall–Kier alpha value is -0.610. The van der Waals surface area contributed by atoms with Crippen LogP contribution in [0.2, 0.25) is 0 Å². The van der Waals surface area contributed by atoms with Crippen LogP contribution < -0.4 is 0 Å². The number of amides is 1. The lowest BCUT2D eigenvalue weighted by atomic mass is 10.1. The first-order chi connectivity index (χ1) is 7.65. The molecule has 1 aliphatic carbocycles. The van der Waals surface area contributed by atoms with Crippen molar-refractivity contribution < 1.29 is 9.90 Å². The van der Waals surface area contributed by atoms with Crippen LogP contribution in [0.5, 0.6) is 0 Å². The van der Waals surface area contributed by atoms with Gasteiger partial charge in [-0.3, -0.25) is 9.69 Å². The van der Waals surface area contributed by atoms with Gasteiger partial charge in [-0.15, -0.1) is 0 Å². The van der Waals surface area contributed by atoms with E-state index >= 15 is 0 Å². The van der Waals surface area contributed by atoms with E-state index in [0.29, 0.717) is 6.54 Å². The van der Waals surface area contributed by atoms with Crippen molar-refractivity contribution in [1.29, 1.82) is 0 Å². The quantitative estimate of drug-likeness (QED) is 0.750. The average Bonchev–Trinajstić information content (AvgIpc) is 3.05. The van der Waals surface area contributed by atoms with Gasteiger partial charge in [0.2, 0.25) is 5.91 Å². The molecule has 4 heteroatoms. The lowest BCUT2D eigenvalue weighted by Crippen LogP contribution is -2.43. The Morgan fingerprint density at radius 1 is 1.31 bits per heavy atom. The Morgan fingerprint density at radius 2 is 1.94 bits per heavy atom. The maximum absolute atomic E-state index is 11.9. The van der Waals surface area contributed by atoms with E-state index in [0.717, 1.165) is 38.4 Å². The van der Waals surface area contributed by atoms with Crippen molar-refractivity contribution >= 4 is 5.91 Å². The molecule has 92 valence electrons. The van der Waals surface area contributed by atoms with Crippen LogP contribution in [0.4, 0.5) is 0 Å². The summed E-state index contributed by atoms with van der Waals surface area (Å²) in [4.78, 5) is 15.9. The number of rotatable bonds is 4. The smallest absolute Gasteiger partial charge is 0.236 e. The fourth-order valence-electron chi connectivity index (χ4n) is 2.18. The van der Waals surface area contributed by atoms with Crippen molar-refractivity contribution in [2.45, 2.75) is 31.8 Å². The summed E-state index contributed by atoms with van der Waals surface area (Å²) in [6.07, 6.45) is 4.02. The Kier molecular flexibility index (Phi) is 3.82. The Bertz CT molecular complexity index is 245. The zero-order chi connectivity index (χ0) is 11.5. The molecular weight excluding hydrogens is 204 g/mol. The summed E-state index contributed by atoms with van der Waals surface area (Å²) >= 11 is 0. The highest BCUT2D eigenvalue weighted by Crippen LogP contribution is 2.29. The first-order valence-corrected chi connectivity index (χ1v) is 6.29. The van der Waals surface area contributed by atoms with Crippen LogP contribution in [0.15, 0.2) is 0 Å². The molecule has 0 aromatic rings. The van der Waals surface area contributed by atoms with Gasteiger partial charge in [0.15, 0.2) is 0 Å². The molecule has 0 bridgehead atoms. The van der Waals surface area contributed by atoms with Crippen molar-refractivity contribution in [3.05, 3.63) is 0 Å². The molecule has 0 spiro atoms. The van der Waals surface area contributed by atoms with Gasteiger partial charge in [0.1, 0.15) is 0 Å². The normalized spacial score (nSPS) is 23.4. The summed E-state index contributed by atoms with van der Waals surface area (Å²) < 4.78 is 0. The molecule has 0 aromatic carbocycles. The summed E-state index contributed by atoms with van der Waals surface area (Å²) in [5.74, 6) is 0.986. The predicted octanol–water partition coefficient (Wildman–Crippen LogP) is 0.311. The third kappa shape index (κ3) is 3.46. The molecule has 16 heavy (non-hydrogen) atoms. The second kappa shape index (κ2) is 5.15. The molecule has 1 aliphatic heterocycles. The van der Waals surface area contributed by atoms with Gasteiger partial charge in [-0.25, -0.2) is 0 Å². The highest BCUT2D eigenvalue weighted by Gasteiger charge is 2.26. The monoisotopic (exact) mass is 226 g/mol. The lowest BCUT2D eigenvalue weighted by Gasteiger charge is -2.30. The van der Waals surface area contributed by atoms with Gasteiger partial charge in [-0.1, -0.05) is 0 Å². The minimum Gasteiger partial charge on any atom is -0.393 e. The fraction of sp³-hybridized carbons (Fsp3) is 0.917. The number of hydrogen-bond acceptors (Lipinski definition) is 3. The van der Waals surface area contributed by atoms with Gasteiger partial charge >= 0.3 is 0 Å². The van der Waals surface area contributed by atoms with Gasteiger partial charge in [-0.05, 0) is 31.6 Å². The molecule has 2 rings (SSSR count). The number of hydrogen-bond donors (Lipinski definition) is 1. The first-order valence-electron chi connectivity index (χ1n) is 6.29. The summed E-state index contributed by atoms with van der Waals surface area (Å²) in [5.41, 5.74) is 0. The van der Waals surface area contributed by atoms with Crippen LogP contribution in [-0.4, -0.2) is 60.1 Å². The second-order valence-electron chi connectivity index (χ2n) is 5.22. The molecule has 1 heterocycles. The molecule has 2 fully saturated rings. The zero-order valence-electron chi connectivity index (χ0n) is 10.1. The van der Waals surface area contributed by atoms with Gasteiger partial charge < -0.3 is 10.0 Å². The highest BCUT2D eigenvalue weighted by atomic mass is 16.3. The van der Waals surface area contributed by atoms with E-state index in [1.54, 1.807) is 0 Å². The SMILES string of the molecule is CN(CC1CC1)C(=O)CN1CCC(O)CC1. The van der Waals surface area contributed by atoms with E-state index in [9.17, 15) is 9.90 Å². The van der Waals surface area contributed by atoms with Gasteiger partial charge in [0, 0.05) is 26.7 Å². The van der Waals surface area contributed by atoms with Crippen LogP contribution >= 0.6 is 0 Å². The predicted molar refractivity (Wildman–Crippen MR) is 62.0 cm³/mol. The Morgan fingerprint density at radius 3 is 2.50 bits per heavy atom. The largest absolute Gasteiger partial charge is 0.393 e. The minimum absolute atomic E-state index is 0.157. The van der Waals surface area contributed by atoms with E-state index in [1.807, 2.05) is 11.9 Å². The summed E-state index contributed by atoms with van der Waals surface area (Å²) in [5, 5.41) is 9.38. The van der Waals surface area contributed by atoms with Crippen LogP contribution in [0.25, 0.3) is 0 Å². The maximum Gasteiger partial charge on any atom is 0.236 e. The van der Waals surface area contributed by atoms with Crippen LogP contribution in [0, 0.1) is 5.92 Å². The van der Waals surface area contributed by atoms with E-state index in [-0.39, 0.29) is 12.0 Å². The molecule has 0 radical (unpaired) electrons. The van der Waals surface area contributed by atoms with Crippen molar-refractivity contribution in [3.63, 3.8) is 0 Å². The van der Waals surface area contributed by atoms with Crippen molar-refractivity contribution in [3.8, 4) is 0 Å². The number of carbonyl (C=O) groups is 1. The summed E-state index contributed by atoms with van der Waals surface area (Å²) in [6, 6.07) is 0. The average molecular weight is 226 g/mol. The number of likely N-dealkylation sites (tertiary alicyclic amines) is 1. The first kappa shape index (κ1) is 11.9. The van der Waals surface area contributed by atoms with E-state index < -0.39 is 0 Å². The van der Waals surface area contributed by atoms with E-state index in [1.165, 1.54) is 12.8 Å². The van der Waals surface area contributed by atoms with Crippen LogP contribution in [-0.2, 0) is 4.79 Å². The van der Waals surface area contributed by atoms with Crippen molar-refractivity contribution in [1.82, 2.24) is 9.80 Å². The molecule has 1 saturated carbocycles. The van der Waals surface area contributed by atoms with Gasteiger partial charge in [0.25, 0.3) is 0 Å². The topological polar surface area (TPSA) is 43.8 Å². The molecule has 1 saturated heterocycles. The summed E-state index contributed by atoms with van der Waals surface area (Å²) in [7, 11) is 1.90. The lowest BCUT2D eigenvalue weighted by molar-refractivity contribution is -0.131. The second-order valence-corrected chi connectivity index (χ2v) is 5.22. The molecule has 4 nitrogen and oxygen atoms in total. The fourth-order valence-corrected chi connectivity index (χ4v) is 2.18. The van der Waals surface area contributed by atoms with Crippen molar-refractivity contribution in [2.75, 3.05) is 33.2 Å². The third-order valence-corrected chi connectivity index (χ3v) is 3.57. The van der Waals surface area contributed by atoms with E-state index in [2.05, 4.69) is 4.90 Å². The summed E-state index contributed by atoms with van der Waals surface area (Å²) in [6.45, 7) is 3.15. The number of piperidine rings is 1.